The lowest BCUT2D eigenvalue weighted by Gasteiger charge is -1.91. The molecular weight excluding hydrogens is 112 g/mol. The van der Waals surface area contributed by atoms with E-state index in [9.17, 15) is 0 Å². The minimum Gasteiger partial charge on any atom is -0.0961 e. The highest BCUT2D eigenvalue weighted by Crippen LogP contribution is 2.00. The van der Waals surface area contributed by atoms with Gasteiger partial charge in [0, 0.05) is 10.2 Å². The van der Waals surface area contributed by atoms with Crippen molar-refractivity contribution in [2.24, 2.45) is 0 Å². The molecule has 1 heteroatoms. The molecule has 0 aromatic rings. The quantitative estimate of drug-likeness (QED) is 0.386. The maximum absolute atomic E-state index is 3.78. The molecule has 46 valence electrons. The van der Waals surface area contributed by atoms with Crippen LogP contribution in [0.25, 0.3) is 0 Å². The first-order chi connectivity index (χ1) is 3.66. The predicted molar refractivity (Wildman–Crippen MR) is 43.3 cm³/mol. The van der Waals surface area contributed by atoms with Gasteiger partial charge in [-0.05, 0) is 19.9 Å². The average molecular weight is 126 g/mol. The van der Waals surface area contributed by atoms with Gasteiger partial charge in [-0.3, -0.25) is 0 Å². The van der Waals surface area contributed by atoms with Crippen LogP contribution < -0.4 is 0 Å². The van der Waals surface area contributed by atoms with E-state index in [0.29, 0.717) is 0 Å². The Hall–Kier alpha value is -0.303. The van der Waals surface area contributed by atoms with Crippen LogP contribution in [0.3, 0.4) is 0 Å². The maximum atomic E-state index is 3.78. The molecule has 0 unspecified atom stereocenters. The molecule has 0 radical (unpaired) electrons. The molecule has 0 spiro atoms. The summed E-state index contributed by atoms with van der Waals surface area (Å²) in [6, 6.07) is 1.27. The van der Waals surface area contributed by atoms with Crippen LogP contribution >= 0.6 is 0 Å². The standard InChI is InChI=1S/C7H14Si/c1-6(2)4-7(3)5-8/h4H,1,5H2,2-3,8H3. The van der Waals surface area contributed by atoms with Gasteiger partial charge in [-0.1, -0.05) is 23.8 Å². The summed E-state index contributed by atoms with van der Waals surface area (Å²) in [6.45, 7) is 7.97. The van der Waals surface area contributed by atoms with Gasteiger partial charge in [0.15, 0.2) is 0 Å². The lowest BCUT2D eigenvalue weighted by atomic mass is 10.2. The summed E-state index contributed by atoms with van der Waals surface area (Å²) in [5.74, 6) is 0. The van der Waals surface area contributed by atoms with Crippen LogP contribution in [0.5, 0.6) is 0 Å². The fourth-order valence-electron chi connectivity index (χ4n) is 0.523. The minimum absolute atomic E-state index is 1.17. The van der Waals surface area contributed by atoms with Crippen LogP contribution in [0.1, 0.15) is 13.8 Å². The second-order valence-corrected chi connectivity index (χ2v) is 2.90. The van der Waals surface area contributed by atoms with Crippen molar-refractivity contribution in [1.82, 2.24) is 0 Å². The Morgan fingerprint density at radius 2 is 2.12 bits per heavy atom. The summed E-state index contributed by atoms with van der Waals surface area (Å²) < 4.78 is 0. The summed E-state index contributed by atoms with van der Waals surface area (Å²) in [4.78, 5) is 0. The molecule has 0 nitrogen and oxygen atoms in total. The van der Waals surface area contributed by atoms with E-state index >= 15 is 0 Å². The molecule has 0 heterocycles. The van der Waals surface area contributed by atoms with E-state index in [2.05, 4.69) is 19.6 Å². The highest BCUT2D eigenvalue weighted by atomic mass is 28.1. The Labute approximate surface area is 54.7 Å². The van der Waals surface area contributed by atoms with Crippen LogP contribution in [-0.2, 0) is 0 Å². The van der Waals surface area contributed by atoms with Crippen molar-refractivity contribution in [1.29, 1.82) is 0 Å². The summed E-state index contributed by atoms with van der Waals surface area (Å²) >= 11 is 0. The van der Waals surface area contributed by atoms with Crippen molar-refractivity contribution < 1.29 is 0 Å². The molecule has 0 rings (SSSR count). The molecule has 0 N–H and O–H groups in total. The monoisotopic (exact) mass is 126 g/mol. The molecule has 0 aromatic carbocycles. The van der Waals surface area contributed by atoms with Gasteiger partial charge in [0.25, 0.3) is 0 Å². The summed E-state index contributed by atoms with van der Waals surface area (Å²) in [7, 11) is 1.27. The van der Waals surface area contributed by atoms with E-state index in [4.69, 9.17) is 0 Å². The van der Waals surface area contributed by atoms with Crippen LogP contribution in [0.15, 0.2) is 23.8 Å². The van der Waals surface area contributed by atoms with E-state index in [-0.39, 0.29) is 0 Å². The third kappa shape index (κ3) is 3.87. The third-order valence-corrected chi connectivity index (χ3v) is 2.17. The highest BCUT2D eigenvalue weighted by molar-refractivity contribution is 6.10. The summed E-state index contributed by atoms with van der Waals surface area (Å²) in [5, 5.41) is 0. The third-order valence-electron chi connectivity index (χ3n) is 1.05. The van der Waals surface area contributed by atoms with E-state index in [0.717, 1.165) is 0 Å². The fourth-order valence-corrected chi connectivity index (χ4v) is 0.727. The number of allylic oxidation sites excluding steroid dienone is 3. The highest BCUT2D eigenvalue weighted by Gasteiger charge is 1.80. The first-order valence-electron chi connectivity index (χ1n) is 2.99. The predicted octanol–water partition coefficient (Wildman–Crippen LogP) is 1.29. The van der Waals surface area contributed by atoms with E-state index < -0.39 is 0 Å². The smallest absolute Gasteiger partial charge is 0.00790 e. The zero-order valence-electron chi connectivity index (χ0n) is 5.99. The zero-order valence-corrected chi connectivity index (χ0v) is 7.99. The van der Waals surface area contributed by atoms with Crippen LogP contribution in [0.4, 0.5) is 0 Å². The second kappa shape index (κ2) is 3.67. The molecular formula is C7H14Si. The Bertz CT molecular complexity index is 112. The average Bonchev–Trinajstić information content (AvgIpc) is 1.65. The van der Waals surface area contributed by atoms with Gasteiger partial charge < -0.3 is 0 Å². The van der Waals surface area contributed by atoms with Gasteiger partial charge >= 0.3 is 0 Å². The summed E-state index contributed by atoms with van der Waals surface area (Å²) in [5.41, 5.74) is 2.63. The molecule has 0 aromatic heterocycles. The second-order valence-electron chi connectivity index (χ2n) is 2.19. The van der Waals surface area contributed by atoms with Crippen molar-refractivity contribution in [3.05, 3.63) is 23.8 Å². The lowest BCUT2D eigenvalue weighted by molar-refractivity contribution is 1.35. The first kappa shape index (κ1) is 7.70. The molecule has 0 amide bonds. The van der Waals surface area contributed by atoms with Crippen molar-refractivity contribution in [2.75, 3.05) is 0 Å². The van der Waals surface area contributed by atoms with Gasteiger partial charge in [0.05, 0.1) is 0 Å². The van der Waals surface area contributed by atoms with Gasteiger partial charge in [-0.2, -0.15) is 0 Å². The topological polar surface area (TPSA) is 0 Å². The van der Waals surface area contributed by atoms with Gasteiger partial charge in [-0.15, -0.1) is 0 Å². The molecule has 0 saturated carbocycles. The van der Waals surface area contributed by atoms with Crippen LogP contribution in [-0.4, -0.2) is 10.2 Å². The minimum atomic E-state index is 1.17. The number of hydrogen-bond acceptors (Lipinski definition) is 0. The van der Waals surface area contributed by atoms with Gasteiger partial charge in [-0.25, -0.2) is 0 Å². The molecule has 0 bridgehead atoms. The van der Waals surface area contributed by atoms with E-state index in [1.54, 1.807) is 0 Å². The van der Waals surface area contributed by atoms with Crippen LogP contribution in [0, 0.1) is 0 Å². The number of hydrogen-bond donors (Lipinski definition) is 0. The van der Waals surface area contributed by atoms with Crippen molar-refractivity contribution >= 4 is 10.2 Å². The van der Waals surface area contributed by atoms with Gasteiger partial charge in [0.2, 0.25) is 0 Å². The van der Waals surface area contributed by atoms with Crippen molar-refractivity contribution in [3.63, 3.8) is 0 Å². The first-order valence-corrected chi connectivity index (χ1v) is 4.41. The van der Waals surface area contributed by atoms with Gasteiger partial charge in [0.1, 0.15) is 0 Å². The Morgan fingerprint density at radius 1 is 1.62 bits per heavy atom. The fraction of sp³-hybridized carbons (Fsp3) is 0.429. The van der Waals surface area contributed by atoms with E-state index in [1.165, 1.54) is 27.4 Å². The molecule has 0 fully saturated rings. The normalized spacial score (nSPS) is 12.0. The Kier molecular flexibility index (Phi) is 3.53. The molecule has 0 aliphatic carbocycles. The molecule has 8 heavy (non-hydrogen) atoms. The molecule has 0 aliphatic heterocycles. The van der Waals surface area contributed by atoms with E-state index in [1.807, 2.05) is 6.92 Å². The van der Waals surface area contributed by atoms with Crippen LogP contribution in [0.2, 0.25) is 6.04 Å². The SMILES string of the molecule is C=C(C)C=C(C)C[SiH3]. The number of rotatable bonds is 2. The lowest BCUT2D eigenvalue weighted by Crippen LogP contribution is -1.73. The van der Waals surface area contributed by atoms with Crippen molar-refractivity contribution in [3.8, 4) is 0 Å². The Balaban J connectivity index is 3.75. The van der Waals surface area contributed by atoms with Crippen molar-refractivity contribution in [2.45, 2.75) is 19.9 Å². The maximum Gasteiger partial charge on any atom is 0.00790 e. The Morgan fingerprint density at radius 3 is 2.25 bits per heavy atom. The zero-order chi connectivity index (χ0) is 6.57. The summed E-state index contributed by atoms with van der Waals surface area (Å²) in [6.07, 6.45) is 2.15. The molecule has 0 atom stereocenters. The molecule has 0 saturated heterocycles. The largest absolute Gasteiger partial charge is 0.0961 e. The molecule has 0 aliphatic rings.